The predicted octanol–water partition coefficient (Wildman–Crippen LogP) is 4.36. The Morgan fingerprint density at radius 1 is 1.18 bits per heavy atom. The van der Waals surface area contributed by atoms with Gasteiger partial charge in [0.25, 0.3) is 0 Å². The molecule has 0 aliphatic carbocycles. The number of amides is 1. The molecule has 38 heavy (non-hydrogen) atoms. The summed E-state index contributed by atoms with van der Waals surface area (Å²) in [4.78, 5) is 32.3. The lowest BCUT2D eigenvalue weighted by atomic mass is 9.95. The summed E-state index contributed by atoms with van der Waals surface area (Å²) in [6, 6.07) is 1.28. The Balaban J connectivity index is 1.29. The monoisotopic (exact) mass is 550 g/mol. The first kappa shape index (κ1) is 25.7. The summed E-state index contributed by atoms with van der Waals surface area (Å²) in [5.74, 6) is -0.169. The van der Waals surface area contributed by atoms with Crippen LogP contribution >= 0.6 is 11.6 Å². The lowest BCUT2D eigenvalue weighted by Gasteiger charge is -2.42. The summed E-state index contributed by atoms with van der Waals surface area (Å²) >= 11 is 6.00. The first-order valence-electron chi connectivity index (χ1n) is 13.3. The van der Waals surface area contributed by atoms with Crippen LogP contribution in [0.5, 0.6) is 6.01 Å². The molecule has 2 aromatic rings. The van der Waals surface area contributed by atoms with Crippen molar-refractivity contribution in [2.75, 3.05) is 37.7 Å². The van der Waals surface area contributed by atoms with Gasteiger partial charge in [0.15, 0.2) is 16.6 Å². The van der Waals surface area contributed by atoms with E-state index in [2.05, 4.69) is 14.9 Å². The van der Waals surface area contributed by atoms with Gasteiger partial charge in [0.2, 0.25) is 0 Å². The van der Waals surface area contributed by atoms with Crippen LogP contribution < -0.4 is 9.64 Å². The molecule has 2 aromatic heterocycles. The summed E-state index contributed by atoms with van der Waals surface area (Å²) in [5, 5.41) is 0.147. The number of fused-ring (bicyclic) bond motifs is 4. The molecule has 6 rings (SSSR count). The molecule has 9 nitrogen and oxygen atoms in total. The van der Waals surface area contributed by atoms with Gasteiger partial charge in [0.1, 0.15) is 24.2 Å². The van der Waals surface area contributed by atoms with Gasteiger partial charge in [0, 0.05) is 26.1 Å². The van der Waals surface area contributed by atoms with Crippen LogP contribution in [0.3, 0.4) is 0 Å². The molecule has 4 saturated heterocycles. The van der Waals surface area contributed by atoms with Gasteiger partial charge in [0.05, 0.1) is 23.0 Å². The fraction of sp³-hybridized carbons (Fsp3) is 0.692. The molecular formula is C26H33ClF2N6O3. The zero-order valence-electron chi connectivity index (χ0n) is 21.9. The third-order valence-corrected chi connectivity index (χ3v) is 8.44. The highest BCUT2D eigenvalue weighted by Gasteiger charge is 2.49. The average molecular weight is 551 g/mol. The first-order valence-corrected chi connectivity index (χ1v) is 13.7. The van der Waals surface area contributed by atoms with Gasteiger partial charge in [-0.05, 0) is 59.1 Å². The topological polar surface area (TPSA) is 83.9 Å². The molecule has 206 valence electrons. The largest absolute Gasteiger partial charge is 0.461 e. The van der Waals surface area contributed by atoms with Gasteiger partial charge in [-0.3, -0.25) is 9.80 Å². The Kier molecular flexibility index (Phi) is 6.29. The number of carbonyl (C=O) groups is 1. The summed E-state index contributed by atoms with van der Waals surface area (Å²) in [7, 11) is 0. The number of halogens is 3. The van der Waals surface area contributed by atoms with Crippen molar-refractivity contribution in [2.45, 2.75) is 82.3 Å². The molecular weight excluding hydrogens is 518 g/mol. The number of hydrogen-bond acceptors (Lipinski definition) is 8. The van der Waals surface area contributed by atoms with E-state index in [9.17, 15) is 13.6 Å². The minimum Gasteiger partial charge on any atom is -0.461 e. The van der Waals surface area contributed by atoms with Crippen LogP contribution in [-0.2, 0) is 4.74 Å². The van der Waals surface area contributed by atoms with E-state index in [4.69, 9.17) is 26.1 Å². The molecule has 4 atom stereocenters. The van der Waals surface area contributed by atoms with Gasteiger partial charge in [-0.1, -0.05) is 11.6 Å². The Morgan fingerprint density at radius 2 is 1.92 bits per heavy atom. The van der Waals surface area contributed by atoms with Gasteiger partial charge in [-0.15, -0.1) is 0 Å². The quantitative estimate of drug-likeness (QED) is 0.519. The number of carbonyl (C=O) groups excluding carboxylic acids is 1. The Hall–Kier alpha value is -2.53. The third-order valence-electron chi connectivity index (χ3n) is 8.17. The lowest BCUT2D eigenvalue weighted by Crippen LogP contribution is -2.57. The normalized spacial score (nSPS) is 29.3. The second-order valence-corrected chi connectivity index (χ2v) is 12.4. The molecule has 1 amide bonds. The summed E-state index contributed by atoms with van der Waals surface area (Å²) < 4.78 is 40.5. The minimum atomic E-state index is -0.868. The van der Waals surface area contributed by atoms with Crippen molar-refractivity contribution < 1.29 is 23.0 Å². The van der Waals surface area contributed by atoms with Gasteiger partial charge < -0.3 is 14.4 Å². The number of rotatable bonds is 4. The molecule has 0 N–H and O–H groups in total. The van der Waals surface area contributed by atoms with Crippen molar-refractivity contribution in [1.82, 2.24) is 24.8 Å². The second kappa shape index (κ2) is 9.29. The van der Waals surface area contributed by atoms with E-state index in [1.54, 1.807) is 0 Å². The molecule has 6 heterocycles. The van der Waals surface area contributed by atoms with Crippen molar-refractivity contribution in [3.8, 4) is 6.01 Å². The van der Waals surface area contributed by atoms with Crippen molar-refractivity contribution in [3.63, 3.8) is 0 Å². The number of ether oxygens (including phenoxy) is 2. The predicted molar refractivity (Wildman–Crippen MR) is 138 cm³/mol. The fourth-order valence-corrected chi connectivity index (χ4v) is 6.75. The highest BCUT2D eigenvalue weighted by Crippen LogP contribution is 2.41. The van der Waals surface area contributed by atoms with Crippen LogP contribution in [-0.4, -0.2) is 93.0 Å². The van der Waals surface area contributed by atoms with Crippen molar-refractivity contribution in [2.24, 2.45) is 0 Å². The first-order chi connectivity index (χ1) is 18.0. The molecule has 0 radical (unpaired) electrons. The van der Waals surface area contributed by atoms with Crippen LogP contribution in [0.25, 0.3) is 11.0 Å². The Labute approximate surface area is 225 Å². The van der Waals surface area contributed by atoms with Crippen LogP contribution in [0, 0.1) is 5.82 Å². The highest BCUT2D eigenvalue weighted by atomic mass is 35.5. The number of piperazine rings is 1. The van der Waals surface area contributed by atoms with E-state index in [1.165, 1.54) is 6.07 Å². The smallest absolute Gasteiger partial charge is 0.410 e. The van der Waals surface area contributed by atoms with Crippen LogP contribution in [0.1, 0.15) is 52.9 Å². The zero-order valence-corrected chi connectivity index (χ0v) is 22.7. The van der Waals surface area contributed by atoms with E-state index in [0.717, 1.165) is 32.2 Å². The van der Waals surface area contributed by atoms with Crippen molar-refractivity contribution >= 4 is 34.5 Å². The van der Waals surface area contributed by atoms with E-state index in [1.807, 2.05) is 30.6 Å². The van der Waals surface area contributed by atoms with Gasteiger partial charge in [-0.2, -0.15) is 9.97 Å². The standard InChI is InChI=1S/C26H33ClF2N6O3/c1-25(2,3)38-24(36)35-16-5-6-17(35)13-33(12-16)22-18-9-19(29)20(27)30-21(18)31-23(32-22)37-14-26-7-4-8-34(26)11-15(28)10-26/h9,15-17H,4-8,10-14H2,1-3H3/t15-,16?,17?,26+/m1/s1. The number of anilines is 1. The summed E-state index contributed by atoms with van der Waals surface area (Å²) in [6.45, 7) is 8.13. The molecule has 4 fully saturated rings. The van der Waals surface area contributed by atoms with Crippen LogP contribution in [0.2, 0.25) is 5.15 Å². The number of hydrogen-bond donors (Lipinski definition) is 0. The van der Waals surface area contributed by atoms with E-state index in [-0.39, 0.29) is 47.1 Å². The highest BCUT2D eigenvalue weighted by molar-refractivity contribution is 6.30. The number of aromatic nitrogens is 3. The molecule has 0 spiro atoms. The molecule has 4 aliphatic heterocycles. The number of alkyl halides is 1. The number of pyridine rings is 1. The third kappa shape index (κ3) is 4.61. The van der Waals surface area contributed by atoms with E-state index in [0.29, 0.717) is 37.3 Å². The van der Waals surface area contributed by atoms with E-state index < -0.39 is 17.6 Å². The maximum absolute atomic E-state index is 14.5. The Bertz CT molecular complexity index is 1250. The van der Waals surface area contributed by atoms with Crippen molar-refractivity contribution in [1.29, 1.82) is 0 Å². The lowest BCUT2D eigenvalue weighted by molar-refractivity contribution is 0.0122. The maximum Gasteiger partial charge on any atom is 0.410 e. The summed E-state index contributed by atoms with van der Waals surface area (Å²) in [5.41, 5.74) is -0.709. The molecule has 0 saturated carbocycles. The number of nitrogens with zero attached hydrogens (tertiary/aromatic N) is 6. The Morgan fingerprint density at radius 3 is 2.63 bits per heavy atom. The van der Waals surface area contributed by atoms with Crippen molar-refractivity contribution in [3.05, 3.63) is 17.0 Å². The zero-order chi connectivity index (χ0) is 26.8. The van der Waals surface area contributed by atoms with Gasteiger partial charge >= 0.3 is 12.1 Å². The van der Waals surface area contributed by atoms with Crippen LogP contribution in [0.15, 0.2) is 6.07 Å². The molecule has 4 aliphatic rings. The fourth-order valence-electron chi connectivity index (χ4n) is 6.62. The average Bonchev–Trinajstić information content (AvgIpc) is 3.44. The van der Waals surface area contributed by atoms with Gasteiger partial charge in [-0.25, -0.2) is 18.6 Å². The van der Waals surface area contributed by atoms with Crippen LogP contribution in [0.4, 0.5) is 19.4 Å². The maximum atomic E-state index is 14.5. The minimum absolute atomic E-state index is 0.0611. The molecule has 2 bridgehead atoms. The van der Waals surface area contributed by atoms with E-state index >= 15 is 0 Å². The molecule has 12 heteroatoms. The molecule has 2 unspecified atom stereocenters. The molecule has 0 aromatic carbocycles. The SMILES string of the molecule is CC(C)(C)OC(=O)N1C2CCC1CN(c1nc(OC[C@@]34CCCN3C[C@H](F)C4)nc3nc(Cl)c(F)cc13)C2. The summed E-state index contributed by atoms with van der Waals surface area (Å²) in [6.07, 6.45) is 2.79. The second-order valence-electron chi connectivity index (χ2n) is 12.0.